The van der Waals surface area contributed by atoms with Gasteiger partial charge in [-0.05, 0) is 54.8 Å². The lowest BCUT2D eigenvalue weighted by atomic mass is 10.2. The molecule has 2 aromatic rings. The zero-order valence-corrected chi connectivity index (χ0v) is 17.1. The number of sulfonamides is 1. The van der Waals surface area contributed by atoms with Crippen LogP contribution in [0.5, 0.6) is 0 Å². The number of aryl methyl sites for hydroxylation is 2. The van der Waals surface area contributed by atoms with Crippen LogP contribution in [0.2, 0.25) is 0 Å². The van der Waals surface area contributed by atoms with E-state index in [1.807, 2.05) is 13.8 Å². The second-order valence-corrected chi connectivity index (χ2v) is 11.3. The van der Waals surface area contributed by atoms with Crippen molar-refractivity contribution in [3.63, 3.8) is 0 Å². The van der Waals surface area contributed by atoms with Crippen molar-refractivity contribution in [3.8, 4) is 0 Å². The summed E-state index contributed by atoms with van der Waals surface area (Å²) in [5.74, 6) is -0.319. The maximum absolute atomic E-state index is 12.8. The second kappa shape index (κ2) is 6.83. The number of nitrogens with one attached hydrogen (secondary N) is 1. The molecule has 1 fully saturated rings. The monoisotopic (exact) mass is 449 g/mol. The van der Waals surface area contributed by atoms with Crippen molar-refractivity contribution >= 4 is 59.7 Å². The van der Waals surface area contributed by atoms with Crippen LogP contribution in [0, 0.1) is 13.8 Å². The van der Waals surface area contributed by atoms with E-state index in [0.29, 0.717) is 24.5 Å². The van der Waals surface area contributed by atoms with Crippen LogP contribution in [0.15, 0.2) is 20.1 Å². The van der Waals surface area contributed by atoms with Gasteiger partial charge in [0.2, 0.25) is 5.91 Å². The average molecular weight is 450 g/mol. The van der Waals surface area contributed by atoms with E-state index in [4.69, 9.17) is 0 Å². The summed E-state index contributed by atoms with van der Waals surface area (Å²) >= 11 is 5.82. The summed E-state index contributed by atoms with van der Waals surface area (Å²) < 4.78 is 27.9. The summed E-state index contributed by atoms with van der Waals surface area (Å²) in [4.78, 5) is 17.9. The molecule has 6 nitrogen and oxygen atoms in total. The van der Waals surface area contributed by atoms with Gasteiger partial charge in [-0.15, -0.1) is 22.7 Å². The highest BCUT2D eigenvalue weighted by molar-refractivity contribution is 9.11. The Morgan fingerprint density at radius 3 is 2.71 bits per heavy atom. The van der Waals surface area contributed by atoms with Crippen LogP contribution in [0.25, 0.3) is 0 Å². The first-order chi connectivity index (χ1) is 11.3. The summed E-state index contributed by atoms with van der Waals surface area (Å²) in [5.41, 5.74) is 0.870. The number of halogens is 1. The molecule has 1 atom stereocenters. The Labute approximate surface area is 157 Å². The first-order valence-electron chi connectivity index (χ1n) is 7.31. The average Bonchev–Trinajstić information content (AvgIpc) is 3.20. The molecule has 1 aliphatic heterocycles. The van der Waals surface area contributed by atoms with Crippen LogP contribution < -0.4 is 5.32 Å². The van der Waals surface area contributed by atoms with Gasteiger partial charge in [0.1, 0.15) is 10.3 Å². The molecule has 0 saturated carbocycles. The molecule has 3 heterocycles. The van der Waals surface area contributed by atoms with Crippen LogP contribution in [-0.2, 0) is 14.8 Å². The minimum atomic E-state index is -3.66. The first kappa shape index (κ1) is 18.0. The Balaban J connectivity index is 1.81. The molecule has 1 saturated heterocycles. The summed E-state index contributed by atoms with van der Waals surface area (Å²) in [7, 11) is -3.66. The summed E-state index contributed by atoms with van der Waals surface area (Å²) in [5, 5.41) is 3.27. The molecular formula is C14H16BrN3O3S3. The molecule has 130 valence electrons. The fourth-order valence-electron chi connectivity index (χ4n) is 2.56. The normalized spacial score (nSPS) is 18.9. The number of rotatable bonds is 4. The largest absolute Gasteiger partial charge is 0.301 e. The number of amides is 1. The van der Waals surface area contributed by atoms with Gasteiger partial charge in [-0.2, -0.15) is 4.31 Å². The van der Waals surface area contributed by atoms with E-state index in [0.717, 1.165) is 25.7 Å². The lowest BCUT2D eigenvalue weighted by Gasteiger charge is -2.22. The van der Waals surface area contributed by atoms with Gasteiger partial charge < -0.3 is 5.32 Å². The highest BCUT2D eigenvalue weighted by Crippen LogP contribution is 2.33. The molecule has 24 heavy (non-hydrogen) atoms. The number of carbonyl (C=O) groups excluding carboxylic acids is 1. The van der Waals surface area contributed by atoms with Crippen molar-refractivity contribution in [3.05, 3.63) is 26.5 Å². The highest BCUT2D eigenvalue weighted by Gasteiger charge is 2.40. The number of nitrogens with zero attached hydrogens (tertiary/aromatic N) is 2. The molecule has 0 spiro atoms. The fourth-order valence-corrected chi connectivity index (χ4v) is 7.17. The molecule has 10 heteroatoms. The van der Waals surface area contributed by atoms with Crippen LogP contribution >= 0.6 is 38.6 Å². The van der Waals surface area contributed by atoms with Crippen LogP contribution in [0.1, 0.15) is 23.4 Å². The maximum Gasteiger partial charge on any atom is 0.253 e. The summed E-state index contributed by atoms with van der Waals surface area (Å²) in [6, 6.07) is 2.56. The van der Waals surface area contributed by atoms with Gasteiger partial charge in [-0.3, -0.25) is 4.79 Å². The van der Waals surface area contributed by atoms with E-state index < -0.39 is 16.1 Å². The lowest BCUT2D eigenvalue weighted by Crippen LogP contribution is -2.42. The van der Waals surface area contributed by atoms with Crippen molar-refractivity contribution < 1.29 is 13.2 Å². The summed E-state index contributed by atoms with van der Waals surface area (Å²) in [6.45, 7) is 4.16. The third kappa shape index (κ3) is 3.43. The molecule has 2 aromatic heterocycles. The van der Waals surface area contributed by atoms with Crippen LogP contribution in [0.3, 0.4) is 0 Å². The minimum absolute atomic E-state index is 0.245. The molecule has 0 aromatic carbocycles. The van der Waals surface area contributed by atoms with Crippen molar-refractivity contribution in [1.82, 2.24) is 9.29 Å². The van der Waals surface area contributed by atoms with E-state index >= 15 is 0 Å². The van der Waals surface area contributed by atoms with E-state index in [9.17, 15) is 13.2 Å². The molecule has 1 amide bonds. The Morgan fingerprint density at radius 1 is 1.38 bits per heavy atom. The maximum atomic E-state index is 12.8. The highest BCUT2D eigenvalue weighted by atomic mass is 79.9. The molecule has 1 unspecified atom stereocenters. The van der Waals surface area contributed by atoms with Gasteiger partial charge in [-0.1, -0.05) is 0 Å². The zero-order valence-electron chi connectivity index (χ0n) is 13.1. The smallest absolute Gasteiger partial charge is 0.253 e. The summed E-state index contributed by atoms with van der Waals surface area (Å²) in [6.07, 6.45) is 1.18. The van der Waals surface area contributed by atoms with Gasteiger partial charge in [0.05, 0.1) is 9.48 Å². The number of aromatic nitrogens is 1. The van der Waals surface area contributed by atoms with Gasteiger partial charge in [0.25, 0.3) is 10.0 Å². The van der Waals surface area contributed by atoms with E-state index in [2.05, 4.69) is 26.2 Å². The predicted octanol–water partition coefficient (Wildman–Crippen LogP) is 3.38. The van der Waals surface area contributed by atoms with Crippen molar-refractivity contribution in [1.29, 1.82) is 0 Å². The Hall–Kier alpha value is -0.810. The Bertz CT molecular complexity index is 855. The van der Waals surface area contributed by atoms with Crippen molar-refractivity contribution in [2.45, 2.75) is 36.9 Å². The molecule has 3 rings (SSSR count). The fraction of sp³-hybridized carbons (Fsp3) is 0.429. The first-order valence-corrected chi connectivity index (χ1v) is 11.2. The molecule has 0 aliphatic carbocycles. The SMILES string of the molecule is Cc1nc(NC(=O)C2CCCN2S(=O)(=O)c2ccc(Br)s2)sc1C. The van der Waals surface area contributed by atoms with E-state index in [1.165, 1.54) is 15.6 Å². The number of anilines is 1. The van der Waals surface area contributed by atoms with Gasteiger partial charge in [-0.25, -0.2) is 13.4 Å². The Kier molecular flexibility index (Phi) is 5.12. The molecular weight excluding hydrogens is 434 g/mol. The topological polar surface area (TPSA) is 79.4 Å². The third-order valence-electron chi connectivity index (χ3n) is 3.88. The number of thiophene rings is 1. The molecule has 1 aliphatic rings. The zero-order chi connectivity index (χ0) is 17.5. The van der Waals surface area contributed by atoms with Crippen molar-refractivity contribution in [2.75, 3.05) is 11.9 Å². The number of hydrogen-bond donors (Lipinski definition) is 1. The number of thiazole rings is 1. The van der Waals surface area contributed by atoms with Crippen LogP contribution in [0.4, 0.5) is 5.13 Å². The van der Waals surface area contributed by atoms with E-state index in [-0.39, 0.29) is 10.1 Å². The second-order valence-electron chi connectivity index (χ2n) is 5.48. The van der Waals surface area contributed by atoms with Crippen molar-refractivity contribution in [2.24, 2.45) is 0 Å². The quantitative estimate of drug-likeness (QED) is 0.775. The number of carbonyl (C=O) groups is 1. The minimum Gasteiger partial charge on any atom is -0.301 e. The standard InChI is InChI=1S/C14H16BrN3O3S3/c1-8-9(2)22-14(16-8)17-13(19)10-4-3-7-18(10)24(20,21)12-6-5-11(15)23-12/h5-6,10H,3-4,7H2,1-2H3,(H,16,17,19). The molecule has 0 radical (unpaired) electrons. The molecule has 0 bridgehead atoms. The van der Waals surface area contributed by atoms with Gasteiger partial charge in [0, 0.05) is 11.4 Å². The number of hydrogen-bond acceptors (Lipinski definition) is 6. The lowest BCUT2D eigenvalue weighted by molar-refractivity contribution is -0.119. The predicted molar refractivity (Wildman–Crippen MR) is 99.2 cm³/mol. The Morgan fingerprint density at radius 2 is 2.12 bits per heavy atom. The van der Waals surface area contributed by atoms with E-state index in [1.54, 1.807) is 12.1 Å². The van der Waals surface area contributed by atoms with Gasteiger partial charge in [0.15, 0.2) is 5.13 Å². The van der Waals surface area contributed by atoms with Gasteiger partial charge >= 0.3 is 0 Å². The van der Waals surface area contributed by atoms with Crippen LogP contribution in [-0.4, -0.2) is 36.2 Å². The molecule has 1 N–H and O–H groups in total. The third-order valence-corrected chi connectivity index (χ3v) is 8.86.